The molecule has 8 heteroatoms. The van der Waals surface area contributed by atoms with Gasteiger partial charge in [-0.15, -0.1) is 0 Å². The number of carbonyl (C=O) groups is 2. The average molecular weight is 470 g/mol. The highest BCUT2D eigenvalue weighted by atomic mass is 19.1. The average Bonchev–Trinajstić information content (AvgIpc) is 3.50. The van der Waals surface area contributed by atoms with E-state index in [2.05, 4.69) is 10.5 Å². The summed E-state index contributed by atoms with van der Waals surface area (Å²) < 4.78 is 30.4. The van der Waals surface area contributed by atoms with Gasteiger partial charge in [0.25, 0.3) is 5.91 Å². The molecule has 2 heterocycles. The number of anilines is 1. The number of halogens is 1. The fourth-order valence-corrected chi connectivity index (χ4v) is 3.68. The number of ether oxygens (including phenoxy) is 1. The van der Waals surface area contributed by atoms with E-state index in [1.54, 1.807) is 62.6 Å². The van der Waals surface area contributed by atoms with Crippen molar-refractivity contribution in [2.75, 3.05) is 12.4 Å². The Morgan fingerprint density at radius 2 is 1.77 bits per heavy atom. The number of ketones is 1. The van der Waals surface area contributed by atoms with Crippen molar-refractivity contribution in [2.45, 2.75) is 6.92 Å². The Kier molecular flexibility index (Phi) is 5.62. The van der Waals surface area contributed by atoms with E-state index < -0.39 is 17.5 Å². The van der Waals surface area contributed by atoms with Crippen molar-refractivity contribution in [3.8, 4) is 17.1 Å². The van der Waals surface area contributed by atoms with E-state index in [9.17, 15) is 14.0 Å². The van der Waals surface area contributed by atoms with Gasteiger partial charge < -0.3 is 13.7 Å². The zero-order chi connectivity index (χ0) is 24.5. The van der Waals surface area contributed by atoms with Gasteiger partial charge in [0, 0.05) is 22.6 Å². The standard InChI is InChI=1S/C27H19FN2O5/c1-15-7-8-17(13-20(15)28)25(31)24-19-5-3-4-6-22(19)34-27(24)29-26(32)21-14-23(35-30-21)16-9-11-18(33-2)12-10-16/h3-14H,1-2H3,(H,29,32). The molecule has 0 unspecified atom stereocenters. The van der Waals surface area contributed by atoms with E-state index in [0.29, 0.717) is 33.6 Å². The highest BCUT2D eigenvalue weighted by Crippen LogP contribution is 2.33. The van der Waals surface area contributed by atoms with E-state index in [1.165, 1.54) is 24.3 Å². The zero-order valence-corrected chi connectivity index (χ0v) is 18.8. The number of furan rings is 1. The maximum Gasteiger partial charge on any atom is 0.280 e. The molecule has 5 rings (SSSR count). The van der Waals surface area contributed by atoms with Crippen LogP contribution >= 0.6 is 0 Å². The third-order valence-corrected chi connectivity index (χ3v) is 5.60. The van der Waals surface area contributed by atoms with Crippen LogP contribution in [0.1, 0.15) is 32.0 Å². The minimum absolute atomic E-state index is 0.00365. The molecular weight excluding hydrogens is 451 g/mol. The first-order chi connectivity index (χ1) is 16.9. The summed E-state index contributed by atoms with van der Waals surface area (Å²) in [6, 6.07) is 19.7. The lowest BCUT2D eigenvalue weighted by atomic mass is 10.0. The molecule has 0 spiro atoms. The molecule has 7 nitrogen and oxygen atoms in total. The van der Waals surface area contributed by atoms with Crippen LogP contribution in [0.5, 0.6) is 5.75 Å². The molecule has 3 aromatic carbocycles. The van der Waals surface area contributed by atoms with Crippen molar-refractivity contribution < 1.29 is 27.7 Å². The molecule has 5 aromatic rings. The SMILES string of the molecule is COc1ccc(-c2cc(C(=O)Nc3oc4ccccc4c3C(=O)c3ccc(C)c(F)c3)no2)cc1. The highest BCUT2D eigenvalue weighted by Gasteiger charge is 2.25. The van der Waals surface area contributed by atoms with Crippen LogP contribution in [0.4, 0.5) is 10.3 Å². The van der Waals surface area contributed by atoms with Crippen LogP contribution < -0.4 is 10.1 Å². The van der Waals surface area contributed by atoms with Crippen LogP contribution in [0, 0.1) is 12.7 Å². The van der Waals surface area contributed by atoms with Gasteiger partial charge in [0.05, 0.1) is 12.7 Å². The zero-order valence-electron chi connectivity index (χ0n) is 18.8. The molecular formula is C27H19FN2O5. The second-order valence-corrected chi connectivity index (χ2v) is 7.85. The number of amides is 1. The summed E-state index contributed by atoms with van der Waals surface area (Å²) in [6.45, 7) is 1.61. The van der Waals surface area contributed by atoms with Gasteiger partial charge in [-0.25, -0.2) is 4.39 Å². The van der Waals surface area contributed by atoms with E-state index in [4.69, 9.17) is 13.7 Å². The summed E-state index contributed by atoms with van der Waals surface area (Å²) in [4.78, 5) is 26.3. The molecule has 0 aliphatic rings. The van der Waals surface area contributed by atoms with Gasteiger partial charge in [-0.2, -0.15) is 0 Å². The van der Waals surface area contributed by atoms with E-state index >= 15 is 0 Å². The molecule has 0 atom stereocenters. The van der Waals surface area contributed by atoms with E-state index in [1.807, 2.05) is 0 Å². The second-order valence-electron chi connectivity index (χ2n) is 7.85. The quantitative estimate of drug-likeness (QED) is 0.305. The third kappa shape index (κ3) is 4.17. The van der Waals surface area contributed by atoms with Gasteiger partial charge >= 0.3 is 0 Å². The minimum Gasteiger partial charge on any atom is -0.497 e. The van der Waals surface area contributed by atoms with Crippen molar-refractivity contribution in [3.63, 3.8) is 0 Å². The number of aryl methyl sites for hydroxylation is 1. The predicted molar refractivity (Wildman–Crippen MR) is 127 cm³/mol. The molecule has 0 aliphatic heterocycles. The van der Waals surface area contributed by atoms with Crippen LogP contribution in [0.3, 0.4) is 0 Å². The van der Waals surface area contributed by atoms with E-state index in [-0.39, 0.29) is 22.7 Å². The number of fused-ring (bicyclic) bond motifs is 1. The van der Waals surface area contributed by atoms with Crippen molar-refractivity contribution in [1.82, 2.24) is 5.16 Å². The van der Waals surface area contributed by atoms with Crippen LogP contribution in [0.2, 0.25) is 0 Å². The Morgan fingerprint density at radius 3 is 2.51 bits per heavy atom. The van der Waals surface area contributed by atoms with Gasteiger partial charge in [-0.1, -0.05) is 35.5 Å². The Morgan fingerprint density at radius 1 is 1.00 bits per heavy atom. The first kappa shape index (κ1) is 22.1. The summed E-state index contributed by atoms with van der Waals surface area (Å²) in [5.74, 6) is -0.602. The fraction of sp³-hybridized carbons (Fsp3) is 0.0741. The molecule has 1 N–H and O–H groups in total. The number of rotatable bonds is 6. The number of hydrogen-bond acceptors (Lipinski definition) is 6. The van der Waals surface area contributed by atoms with Gasteiger partial charge in [-0.05, 0) is 48.9 Å². The second kappa shape index (κ2) is 8.90. The number of aromatic nitrogens is 1. The van der Waals surface area contributed by atoms with Crippen molar-refractivity contribution in [1.29, 1.82) is 0 Å². The summed E-state index contributed by atoms with van der Waals surface area (Å²) in [5.41, 5.74) is 1.78. The number of benzene rings is 3. The molecule has 0 aliphatic carbocycles. The first-order valence-corrected chi connectivity index (χ1v) is 10.7. The molecule has 2 aromatic heterocycles. The molecule has 35 heavy (non-hydrogen) atoms. The Hall–Kier alpha value is -4.72. The lowest BCUT2D eigenvalue weighted by molar-refractivity contribution is 0.101. The topological polar surface area (TPSA) is 94.6 Å². The maximum absolute atomic E-state index is 14.1. The van der Waals surface area contributed by atoms with Crippen LogP contribution in [0.25, 0.3) is 22.3 Å². The summed E-state index contributed by atoms with van der Waals surface area (Å²) in [6.07, 6.45) is 0. The van der Waals surface area contributed by atoms with Crippen molar-refractivity contribution in [3.05, 3.63) is 101 Å². The maximum atomic E-state index is 14.1. The fourth-order valence-electron chi connectivity index (χ4n) is 3.68. The smallest absolute Gasteiger partial charge is 0.280 e. The highest BCUT2D eigenvalue weighted by molar-refractivity contribution is 6.21. The molecule has 0 fully saturated rings. The van der Waals surface area contributed by atoms with Gasteiger partial charge in [0.15, 0.2) is 17.2 Å². The summed E-state index contributed by atoms with van der Waals surface area (Å²) in [5, 5.41) is 6.95. The largest absolute Gasteiger partial charge is 0.497 e. The number of methoxy groups -OCH3 is 1. The predicted octanol–water partition coefficient (Wildman–Crippen LogP) is 6.03. The monoisotopic (exact) mass is 470 g/mol. The normalized spacial score (nSPS) is 10.9. The van der Waals surface area contributed by atoms with Crippen molar-refractivity contribution >= 4 is 28.5 Å². The molecule has 0 radical (unpaired) electrons. The number of para-hydroxylation sites is 1. The molecule has 1 amide bonds. The number of hydrogen-bond donors (Lipinski definition) is 1. The summed E-state index contributed by atoms with van der Waals surface area (Å²) >= 11 is 0. The molecule has 0 saturated carbocycles. The molecule has 0 saturated heterocycles. The Bertz CT molecular complexity index is 1570. The number of nitrogens with one attached hydrogen (secondary N) is 1. The molecule has 0 bridgehead atoms. The summed E-state index contributed by atoms with van der Waals surface area (Å²) in [7, 11) is 1.57. The Labute approximate surface area is 199 Å². The van der Waals surface area contributed by atoms with Crippen LogP contribution in [-0.2, 0) is 0 Å². The number of carbonyl (C=O) groups excluding carboxylic acids is 2. The minimum atomic E-state index is -0.628. The van der Waals surface area contributed by atoms with Gasteiger partial charge in [0.1, 0.15) is 17.1 Å². The number of nitrogens with zero attached hydrogens (tertiary/aromatic N) is 1. The third-order valence-electron chi connectivity index (χ3n) is 5.60. The van der Waals surface area contributed by atoms with Crippen LogP contribution in [0.15, 0.2) is 81.7 Å². The Balaban J connectivity index is 1.47. The van der Waals surface area contributed by atoms with Gasteiger partial charge in [0.2, 0.25) is 5.88 Å². The van der Waals surface area contributed by atoms with E-state index in [0.717, 1.165) is 0 Å². The van der Waals surface area contributed by atoms with Gasteiger partial charge in [-0.3, -0.25) is 14.9 Å². The lowest BCUT2D eigenvalue weighted by Crippen LogP contribution is -2.14. The lowest BCUT2D eigenvalue weighted by Gasteiger charge is -2.05. The van der Waals surface area contributed by atoms with Crippen LogP contribution in [-0.4, -0.2) is 24.0 Å². The molecule has 174 valence electrons. The first-order valence-electron chi connectivity index (χ1n) is 10.7. The van der Waals surface area contributed by atoms with Crippen molar-refractivity contribution in [2.24, 2.45) is 0 Å².